The maximum Gasteiger partial charge on any atom is 0.327 e. The fraction of sp³-hybridized carbons (Fsp3) is 0.357. The van der Waals surface area contributed by atoms with Gasteiger partial charge in [0.05, 0.1) is 6.04 Å². The molecule has 10 nitrogen and oxygen atoms in total. The van der Waals surface area contributed by atoms with Crippen molar-refractivity contribution >= 4 is 59.0 Å². The third-order valence-corrected chi connectivity index (χ3v) is 7.42. The van der Waals surface area contributed by atoms with Gasteiger partial charge < -0.3 is 31.8 Å². The van der Waals surface area contributed by atoms with Crippen molar-refractivity contribution in [2.24, 2.45) is 5.73 Å². The van der Waals surface area contributed by atoms with E-state index in [0.29, 0.717) is 12.2 Å². The van der Waals surface area contributed by atoms with Crippen molar-refractivity contribution in [1.29, 1.82) is 0 Å². The van der Waals surface area contributed by atoms with Crippen LogP contribution in [0.25, 0.3) is 10.9 Å². The van der Waals surface area contributed by atoms with Gasteiger partial charge in [0.2, 0.25) is 17.7 Å². The number of aliphatic carboxylic acids is 1. The standard InChI is InChI=1S/C28H35N5O5S2/c1-40-12-11-22(31-25(34)20(29)14-18-15-30-21-10-6-5-9-19(18)21)26(35)32-23(13-17-7-3-2-4-8-17)27(36)33-24(16-39)28(37)38/h2-10,15,20,22-24,30,39H,11-14,16,29H2,1H3,(H,31,34)(H,32,35)(H,33,36)(H,37,38). The van der Waals surface area contributed by atoms with Gasteiger partial charge in [0.1, 0.15) is 18.1 Å². The molecule has 2 aromatic carbocycles. The zero-order chi connectivity index (χ0) is 29.1. The molecule has 40 heavy (non-hydrogen) atoms. The molecule has 1 aromatic heterocycles. The number of thioether (sulfide) groups is 1. The lowest BCUT2D eigenvalue weighted by Crippen LogP contribution is -2.58. The van der Waals surface area contributed by atoms with E-state index in [-0.39, 0.29) is 18.6 Å². The molecule has 0 aliphatic carbocycles. The van der Waals surface area contributed by atoms with E-state index in [4.69, 9.17) is 5.73 Å². The number of rotatable bonds is 15. The second-order valence-electron chi connectivity index (χ2n) is 9.35. The molecule has 0 spiro atoms. The second kappa shape index (κ2) is 15.3. The van der Waals surface area contributed by atoms with Gasteiger partial charge in [0.25, 0.3) is 0 Å². The maximum absolute atomic E-state index is 13.4. The molecule has 12 heteroatoms. The number of carbonyl (C=O) groups excluding carboxylic acids is 3. The molecule has 7 N–H and O–H groups in total. The molecule has 0 bridgehead atoms. The van der Waals surface area contributed by atoms with Gasteiger partial charge in [0, 0.05) is 29.3 Å². The van der Waals surface area contributed by atoms with Crippen LogP contribution in [0.2, 0.25) is 0 Å². The lowest BCUT2D eigenvalue weighted by atomic mass is 10.0. The Morgan fingerprint density at radius 2 is 1.52 bits per heavy atom. The van der Waals surface area contributed by atoms with Crippen molar-refractivity contribution in [1.82, 2.24) is 20.9 Å². The van der Waals surface area contributed by atoms with Crippen molar-refractivity contribution in [2.45, 2.75) is 43.4 Å². The summed E-state index contributed by atoms with van der Waals surface area (Å²) in [7, 11) is 0. The van der Waals surface area contributed by atoms with E-state index in [9.17, 15) is 24.3 Å². The molecule has 0 saturated heterocycles. The van der Waals surface area contributed by atoms with Crippen LogP contribution in [0.1, 0.15) is 17.5 Å². The van der Waals surface area contributed by atoms with Crippen LogP contribution in [0, 0.1) is 0 Å². The monoisotopic (exact) mass is 585 g/mol. The van der Waals surface area contributed by atoms with E-state index in [1.807, 2.05) is 42.8 Å². The summed E-state index contributed by atoms with van der Waals surface area (Å²) in [5.41, 5.74) is 8.83. The van der Waals surface area contributed by atoms with Crippen molar-refractivity contribution in [3.8, 4) is 0 Å². The first kappa shape index (κ1) is 31.1. The largest absolute Gasteiger partial charge is 0.480 e. The third-order valence-electron chi connectivity index (χ3n) is 6.41. The fourth-order valence-corrected chi connectivity index (χ4v) is 4.92. The fourth-order valence-electron chi connectivity index (χ4n) is 4.20. The maximum atomic E-state index is 13.4. The van der Waals surface area contributed by atoms with Gasteiger partial charge in [-0.05, 0) is 42.0 Å². The topological polar surface area (TPSA) is 166 Å². The quantitative estimate of drug-likeness (QED) is 0.133. The highest BCUT2D eigenvalue weighted by Crippen LogP contribution is 2.19. The molecular weight excluding hydrogens is 550 g/mol. The Kier molecular flexibility index (Phi) is 11.9. The smallest absolute Gasteiger partial charge is 0.327 e. The number of hydrogen-bond donors (Lipinski definition) is 7. The van der Waals surface area contributed by atoms with Crippen molar-refractivity contribution in [2.75, 3.05) is 17.8 Å². The van der Waals surface area contributed by atoms with Crippen LogP contribution >= 0.6 is 24.4 Å². The van der Waals surface area contributed by atoms with Crippen LogP contribution in [0.5, 0.6) is 0 Å². The van der Waals surface area contributed by atoms with Crippen molar-refractivity contribution in [3.63, 3.8) is 0 Å². The predicted octanol–water partition coefficient (Wildman–Crippen LogP) is 1.50. The lowest BCUT2D eigenvalue weighted by Gasteiger charge is -2.25. The summed E-state index contributed by atoms with van der Waals surface area (Å²) in [6.07, 6.45) is 4.41. The summed E-state index contributed by atoms with van der Waals surface area (Å²) < 4.78 is 0. The number of amides is 3. The first-order valence-corrected chi connectivity index (χ1v) is 14.8. The highest BCUT2D eigenvalue weighted by Gasteiger charge is 2.30. The van der Waals surface area contributed by atoms with Gasteiger partial charge >= 0.3 is 5.97 Å². The normalized spacial score (nSPS) is 14.1. The summed E-state index contributed by atoms with van der Waals surface area (Å²) in [6.45, 7) is 0. The average Bonchev–Trinajstić information content (AvgIpc) is 3.36. The van der Waals surface area contributed by atoms with E-state index in [1.165, 1.54) is 11.8 Å². The molecule has 3 aromatic rings. The highest BCUT2D eigenvalue weighted by molar-refractivity contribution is 7.98. The van der Waals surface area contributed by atoms with Crippen molar-refractivity contribution < 1.29 is 24.3 Å². The molecule has 214 valence electrons. The summed E-state index contributed by atoms with van der Waals surface area (Å²) in [5.74, 6) is -2.49. The van der Waals surface area contributed by atoms with Crippen LogP contribution in [0.15, 0.2) is 60.8 Å². The van der Waals surface area contributed by atoms with Crippen molar-refractivity contribution in [3.05, 3.63) is 71.9 Å². The van der Waals surface area contributed by atoms with Gasteiger partial charge in [0.15, 0.2) is 0 Å². The SMILES string of the molecule is CSCCC(NC(=O)C(N)Cc1c[nH]c2ccccc12)C(=O)NC(Cc1ccccc1)C(=O)NC(CS)C(=O)O. The summed E-state index contributed by atoms with van der Waals surface area (Å²) in [4.78, 5) is 54.2. The van der Waals surface area contributed by atoms with E-state index >= 15 is 0 Å². The number of para-hydroxylation sites is 1. The van der Waals surface area contributed by atoms with E-state index in [2.05, 4.69) is 33.6 Å². The number of carbonyl (C=O) groups is 4. The molecule has 0 saturated carbocycles. The number of nitrogens with two attached hydrogens (primary N) is 1. The minimum atomic E-state index is -1.23. The molecule has 0 aliphatic rings. The number of aromatic nitrogens is 1. The lowest BCUT2D eigenvalue weighted by molar-refractivity contribution is -0.141. The van der Waals surface area contributed by atoms with E-state index in [0.717, 1.165) is 22.0 Å². The third kappa shape index (κ3) is 8.77. The summed E-state index contributed by atoms with van der Waals surface area (Å²) in [5, 5.41) is 18.2. The van der Waals surface area contributed by atoms with Gasteiger partial charge in [-0.15, -0.1) is 0 Å². The number of fused-ring (bicyclic) bond motifs is 1. The Labute approximate surface area is 242 Å². The van der Waals surface area contributed by atoms with Crippen LogP contribution in [0.4, 0.5) is 0 Å². The number of nitrogens with one attached hydrogen (secondary N) is 4. The Morgan fingerprint density at radius 3 is 2.20 bits per heavy atom. The zero-order valence-corrected chi connectivity index (χ0v) is 23.8. The Balaban J connectivity index is 1.73. The first-order chi connectivity index (χ1) is 19.2. The zero-order valence-electron chi connectivity index (χ0n) is 22.1. The van der Waals surface area contributed by atoms with Crippen LogP contribution < -0.4 is 21.7 Å². The predicted molar refractivity (Wildman–Crippen MR) is 160 cm³/mol. The van der Waals surface area contributed by atoms with Crippen LogP contribution in [-0.2, 0) is 32.0 Å². The Morgan fingerprint density at radius 1 is 0.900 bits per heavy atom. The number of carboxylic acids is 1. The molecular formula is C28H35N5O5S2. The molecule has 0 radical (unpaired) electrons. The number of H-pyrrole nitrogens is 1. The molecule has 3 rings (SSSR count). The van der Waals surface area contributed by atoms with Gasteiger partial charge in [-0.3, -0.25) is 14.4 Å². The first-order valence-electron chi connectivity index (χ1n) is 12.8. The van der Waals surface area contributed by atoms with Crippen LogP contribution in [-0.4, -0.2) is 75.7 Å². The molecule has 4 atom stereocenters. The number of aromatic amines is 1. The average molecular weight is 586 g/mol. The van der Waals surface area contributed by atoms with Gasteiger partial charge in [-0.1, -0.05) is 48.5 Å². The molecule has 1 heterocycles. The molecule has 0 fully saturated rings. The van der Waals surface area contributed by atoms with E-state index < -0.39 is 47.9 Å². The molecule has 3 amide bonds. The number of carboxylic acid groups (broad SMARTS) is 1. The number of benzene rings is 2. The minimum absolute atomic E-state index is 0.117. The molecule has 0 aliphatic heterocycles. The second-order valence-corrected chi connectivity index (χ2v) is 10.7. The minimum Gasteiger partial charge on any atom is -0.480 e. The highest BCUT2D eigenvalue weighted by atomic mass is 32.2. The number of thiol groups is 1. The Bertz CT molecular complexity index is 1300. The molecule has 4 unspecified atom stereocenters. The summed E-state index contributed by atoms with van der Waals surface area (Å²) >= 11 is 5.51. The summed E-state index contributed by atoms with van der Waals surface area (Å²) in [6, 6.07) is 12.6. The van der Waals surface area contributed by atoms with Gasteiger partial charge in [-0.2, -0.15) is 24.4 Å². The number of hydrogen-bond acceptors (Lipinski definition) is 7. The van der Waals surface area contributed by atoms with E-state index in [1.54, 1.807) is 24.3 Å². The van der Waals surface area contributed by atoms with Gasteiger partial charge in [-0.25, -0.2) is 4.79 Å². The van der Waals surface area contributed by atoms with Crippen LogP contribution in [0.3, 0.4) is 0 Å². The Hall–Kier alpha value is -3.48.